The van der Waals surface area contributed by atoms with Crippen LogP contribution in [0.25, 0.3) is 0 Å². The van der Waals surface area contributed by atoms with E-state index in [4.69, 9.17) is 11.6 Å². The van der Waals surface area contributed by atoms with Gasteiger partial charge >= 0.3 is 0 Å². The van der Waals surface area contributed by atoms with Crippen LogP contribution in [0.1, 0.15) is 15.2 Å². The molecule has 0 bridgehead atoms. The number of anilines is 2. The standard InChI is InChI=1S/C21H20ClN3O2S/c1-25(13-16-11-12-19(22)28-16)14-20(26)24-18-10-6-5-9-17(18)21(27)23-15-7-3-2-4-8-15/h2-12H,13-14H2,1H3,(H,23,27)(H,24,26). The fraction of sp³-hybridized carbons (Fsp3) is 0.143. The van der Waals surface area contributed by atoms with Crippen LogP contribution in [0, 0.1) is 0 Å². The normalized spacial score (nSPS) is 10.7. The molecule has 3 aromatic rings. The number of nitrogens with zero attached hydrogens (tertiary/aromatic N) is 1. The molecule has 0 saturated heterocycles. The van der Waals surface area contributed by atoms with Crippen molar-refractivity contribution >= 4 is 46.1 Å². The summed E-state index contributed by atoms with van der Waals surface area (Å²) in [6.45, 7) is 0.825. The summed E-state index contributed by atoms with van der Waals surface area (Å²) >= 11 is 7.44. The lowest BCUT2D eigenvalue weighted by Gasteiger charge is -2.16. The van der Waals surface area contributed by atoms with E-state index in [1.807, 2.05) is 54.4 Å². The molecular formula is C21H20ClN3O2S. The third-order valence-corrected chi connectivity index (χ3v) is 5.16. The summed E-state index contributed by atoms with van der Waals surface area (Å²) in [5.74, 6) is -0.464. The molecule has 1 heterocycles. The van der Waals surface area contributed by atoms with Gasteiger partial charge in [0.2, 0.25) is 5.91 Å². The molecule has 0 saturated carbocycles. The Morgan fingerprint density at radius 3 is 2.39 bits per heavy atom. The first-order valence-electron chi connectivity index (χ1n) is 8.69. The molecule has 0 fully saturated rings. The molecule has 2 aromatic carbocycles. The van der Waals surface area contributed by atoms with Crippen LogP contribution in [0.2, 0.25) is 4.34 Å². The van der Waals surface area contributed by atoms with Crippen LogP contribution in [-0.2, 0) is 11.3 Å². The third-order valence-electron chi connectivity index (χ3n) is 3.95. The first-order valence-corrected chi connectivity index (χ1v) is 9.89. The summed E-state index contributed by atoms with van der Waals surface area (Å²) in [7, 11) is 1.86. The zero-order valence-electron chi connectivity index (χ0n) is 15.3. The van der Waals surface area contributed by atoms with Crippen LogP contribution in [0.4, 0.5) is 11.4 Å². The number of hydrogen-bond donors (Lipinski definition) is 2. The van der Waals surface area contributed by atoms with Crippen molar-refractivity contribution in [1.29, 1.82) is 0 Å². The summed E-state index contributed by atoms with van der Waals surface area (Å²) in [6.07, 6.45) is 0. The molecule has 0 aliphatic carbocycles. The molecule has 0 radical (unpaired) electrons. The maximum Gasteiger partial charge on any atom is 0.257 e. The van der Waals surface area contributed by atoms with Crippen molar-refractivity contribution in [3.63, 3.8) is 0 Å². The number of hydrogen-bond acceptors (Lipinski definition) is 4. The lowest BCUT2D eigenvalue weighted by Crippen LogP contribution is -2.30. The van der Waals surface area contributed by atoms with Crippen molar-refractivity contribution in [2.75, 3.05) is 24.2 Å². The second-order valence-electron chi connectivity index (χ2n) is 6.29. The van der Waals surface area contributed by atoms with E-state index in [2.05, 4.69) is 10.6 Å². The summed E-state index contributed by atoms with van der Waals surface area (Å²) in [4.78, 5) is 28.0. The van der Waals surface area contributed by atoms with E-state index >= 15 is 0 Å². The molecule has 5 nitrogen and oxygen atoms in total. The maximum atomic E-state index is 12.6. The van der Waals surface area contributed by atoms with Gasteiger partial charge in [-0.25, -0.2) is 0 Å². The third kappa shape index (κ3) is 5.66. The average molecular weight is 414 g/mol. The van der Waals surface area contributed by atoms with Gasteiger partial charge in [-0.05, 0) is 43.4 Å². The summed E-state index contributed by atoms with van der Waals surface area (Å²) in [5, 5.41) is 5.67. The largest absolute Gasteiger partial charge is 0.324 e. The molecule has 144 valence electrons. The molecule has 0 spiro atoms. The van der Waals surface area contributed by atoms with E-state index < -0.39 is 0 Å². The fourth-order valence-electron chi connectivity index (χ4n) is 2.70. The number of likely N-dealkylation sites (N-methyl/N-ethyl adjacent to an activating group) is 1. The van der Waals surface area contributed by atoms with Crippen molar-refractivity contribution in [3.8, 4) is 0 Å². The molecular weight excluding hydrogens is 394 g/mol. The molecule has 0 aliphatic heterocycles. The van der Waals surface area contributed by atoms with Gasteiger partial charge in [-0.15, -0.1) is 11.3 Å². The predicted octanol–water partition coefficient (Wildman–Crippen LogP) is 4.72. The predicted molar refractivity (Wildman–Crippen MR) is 115 cm³/mol. The minimum atomic E-state index is -0.274. The minimum absolute atomic E-state index is 0.190. The van der Waals surface area contributed by atoms with Gasteiger partial charge in [0.1, 0.15) is 0 Å². The van der Waals surface area contributed by atoms with Crippen molar-refractivity contribution in [2.45, 2.75) is 6.54 Å². The Morgan fingerprint density at radius 1 is 0.964 bits per heavy atom. The van der Waals surface area contributed by atoms with Crippen LogP contribution in [0.5, 0.6) is 0 Å². The molecule has 28 heavy (non-hydrogen) atoms. The van der Waals surface area contributed by atoms with Crippen molar-refractivity contribution in [2.24, 2.45) is 0 Å². The van der Waals surface area contributed by atoms with Crippen LogP contribution < -0.4 is 10.6 Å². The Labute approximate surface area is 172 Å². The van der Waals surface area contributed by atoms with Gasteiger partial charge in [-0.3, -0.25) is 14.5 Å². The molecule has 2 N–H and O–H groups in total. The Morgan fingerprint density at radius 2 is 1.68 bits per heavy atom. The minimum Gasteiger partial charge on any atom is -0.324 e. The number of amides is 2. The lowest BCUT2D eigenvalue weighted by atomic mass is 10.1. The van der Waals surface area contributed by atoms with Gasteiger partial charge in [0, 0.05) is 17.1 Å². The topological polar surface area (TPSA) is 61.4 Å². The molecule has 0 atom stereocenters. The maximum absolute atomic E-state index is 12.6. The number of rotatable bonds is 7. The summed E-state index contributed by atoms with van der Waals surface area (Å²) in [5.41, 5.74) is 1.59. The van der Waals surface area contributed by atoms with Crippen molar-refractivity contribution in [3.05, 3.63) is 81.5 Å². The van der Waals surface area contributed by atoms with E-state index in [0.29, 0.717) is 23.5 Å². The highest BCUT2D eigenvalue weighted by atomic mass is 35.5. The summed E-state index contributed by atoms with van der Waals surface area (Å²) in [6, 6.07) is 19.9. The molecule has 2 amide bonds. The van der Waals surface area contributed by atoms with Crippen LogP contribution in [0.3, 0.4) is 0 Å². The second-order valence-corrected chi connectivity index (χ2v) is 8.09. The number of carbonyl (C=O) groups excluding carboxylic acids is 2. The van der Waals surface area contributed by atoms with Gasteiger partial charge < -0.3 is 10.6 Å². The first-order chi connectivity index (χ1) is 13.5. The van der Waals surface area contributed by atoms with Crippen molar-refractivity contribution < 1.29 is 9.59 Å². The van der Waals surface area contributed by atoms with Gasteiger partial charge in [-0.2, -0.15) is 0 Å². The SMILES string of the molecule is CN(CC(=O)Nc1ccccc1C(=O)Nc1ccccc1)Cc1ccc(Cl)s1. The Bertz CT molecular complexity index is 959. The highest BCUT2D eigenvalue weighted by Crippen LogP contribution is 2.22. The van der Waals surface area contributed by atoms with Crippen LogP contribution in [-0.4, -0.2) is 30.3 Å². The lowest BCUT2D eigenvalue weighted by molar-refractivity contribution is -0.117. The monoisotopic (exact) mass is 413 g/mol. The molecule has 1 aromatic heterocycles. The van der Waals surface area contributed by atoms with Gasteiger partial charge in [-0.1, -0.05) is 41.9 Å². The number of para-hydroxylation sites is 2. The van der Waals surface area contributed by atoms with Crippen molar-refractivity contribution in [1.82, 2.24) is 4.90 Å². The number of benzene rings is 2. The van der Waals surface area contributed by atoms with Crippen LogP contribution in [0.15, 0.2) is 66.7 Å². The van der Waals surface area contributed by atoms with E-state index in [-0.39, 0.29) is 18.4 Å². The van der Waals surface area contributed by atoms with E-state index in [1.165, 1.54) is 11.3 Å². The zero-order chi connectivity index (χ0) is 19.9. The van der Waals surface area contributed by atoms with E-state index in [1.54, 1.807) is 24.3 Å². The highest BCUT2D eigenvalue weighted by Gasteiger charge is 2.15. The van der Waals surface area contributed by atoms with Crippen LogP contribution >= 0.6 is 22.9 Å². The smallest absolute Gasteiger partial charge is 0.257 e. The fourth-order valence-corrected chi connectivity index (χ4v) is 3.87. The number of halogens is 1. The Balaban J connectivity index is 1.62. The average Bonchev–Trinajstić information content (AvgIpc) is 3.07. The second kappa shape index (κ2) is 9.50. The van der Waals surface area contributed by atoms with E-state index in [9.17, 15) is 9.59 Å². The van der Waals surface area contributed by atoms with Gasteiger partial charge in [0.05, 0.1) is 22.1 Å². The number of carbonyl (C=O) groups is 2. The quantitative estimate of drug-likeness (QED) is 0.589. The van der Waals surface area contributed by atoms with Gasteiger partial charge in [0.25, 0.3) is 5.91 Å². The molecule has 7 heteroatoms. The van der Waals surface area contributed by atoms with E-state index in [0.717, 1.165) is 9.21 Å². The molecule has 0 unspecified atom stereocenters. The van der Waals surface area contributed by atoms with Gasteiger partial charge in [0.15, 0.2) is 0 Å². The number of nitrogens with one attached hydrogen (secondary N) is 2. The molecule has 0 aliphatic rings. The number of thiophene rings is 1. The zero-order valence-corrected chi connectivity index (χ0v) is 16.9. The first kappa shape index (κ1) is 20.1. The summed E-state index contributed by atoms with van der Waals surface area (Å²) < 4.78 is 0.728. The highest BCUT2D eigenvalue weighted by molar-refractivity contribution is 7.16. The Kier molecular flexibility index (Phi) is 6.81. The molecule has 3 rings (SSSR count). The Hall–Kier alpha value is -2.67.